The molecule has 4 heteroatoms. The fraction of sp³-hybridized carbons (Fsp3) is 0.727. The fourth-order valence-electron chi connectivity index (χ4n) is 2.75. The summed E-state index contributed by atoms with van der Waals surface area (Å²) in [5.41, 5.74) is 0.211. The molecule has 0 amide bonds. The lowest BCUT2D eigenvalue weighted by Crippen LogP contribution is -2.51. The van der Waals surface area contributed by atoms with Gasteiger partial charge >= 0.3 is 11.9 Å². The van der Waals surface area contributed by atoms with Crippen LogP contribution in [0.15, 0.2) is 0 Å². The highest BCUT2D eigenvalue weighted by Crippen LogP contribution is 2.62. The average Bonchev–Trinajstić information content (AvgIpc) is 2.12. The van der Waals surface area contributed by atoms with Crippen LogP contribution in [0.25, 0.3) is 0 Å². The molecule has 2 rings (SSSR count). The minimum atomic E-state index is -0.192. The third-order valence-electron chi connectivity index (χ3n) is 3.54. The Kier molecular flexibility index (Phi) is 2.37. The van der Waals surface area contributed by atoms with Gasteiger partial charge in [-0.2, -0.15) is 4.79 Å². The van der Waals surface area contributed by atoms with Gasteiger partial charge in [-0.25, -0.2) is 0 Å². The van der Waals surface area contributed by atoms with Gasteiger partial charge in [-0.05, 0) is 12.8 Å². The van der Waals surface area contributed by atoms with Crippen molar-refractivity contribution in [1.82, 2.24) is 0 Å². The molecule has 2 aliphatic carbocycles. The highest BCUT2D eigenvalue weighted by Gasteiger charge is 2.65. The highest BCUT2D eigenvalue weighted by atomic mass is 16.5. The van der Waals surface area contributed by atoms with Crippen LogP contribution in [0.1, 0.15) is 25.7 Å². The second-order valence-electron chi connectivity index (χ2n) is 4.58. The third-order valence-corrected chi connectivity index (χ3v) is 3.54. The van der Waals surface area contributed by atoms with Gasteiger partial charge in [-0.1, -0.05) is 0 Å². The topological polar surface area (TPSA) is 52.6 Å². The van der Waals surface area contributed by atoms with Gasteiger partial charge in [-0.3, -0.25) is 4.79 Å². The molecule has 0 atom stereocenters. The van der Waals surface area contributed by atoms with E-state index in [9.17, 15) is 9.59 Å². The summed E-state index contributed by atoms with van der Waals surface area (Å²) in [6.07, 6.45) is 3.32. The lowest BCUT2D eigenvalue weighted by atomic mass is 9.48. The number of hydrogen-bond donors (Lipinski definition) is 0. The van der Waals surface area contributed by atoms with Crippen molar-refractivity contribution in [1.29, 1.82) is 0 Å². The molecule has 0 saturated heterocycles. The highest BCUT2D eigenvalue weighted by molar-refractivity contribution is 5.87. The molecule has 2 fully saturated rings. The van der Waals surface area contributed by atoms with Crippen LogP contribution in [0.2, 0.25) is 0 Å². The van der Waals surface area contributed by atoms with Crippen molar-refractivity contribution in [2.45, 2.75) is 25.7 Å². The number of methoxy groups -OCH3 is 2. The summed E-state index contributed by atoms with van der Waals surface area (Å²) in [6.45, 7) is 0. The molecule has 1 spiro atoms. The smallest absolute Gasteiger partial charge is 0.469 e. The van der Waals surface area contributed by atoms with E-state index in [1.165, 1.54) is 14.2 Å². The van der Waals surface area contributed by atoms with E-state index < -0.39 is 0 Å². The molecule has 15 heavy (non-hydrogen) atoms. The van der Waals surface area contributed by atoms with Crippen molar-refractivity contribution in [3.8, 4) is 0 Å². The second kappa shape index (κ2) is 3.43. The number of carbonyl (C=O) groups excluding carboxylic acids is 2. The Labute approximate surface area is 88.9 Å². The number of carbonyl (C=O) groups is 2. The van der Waals surface area contributed by atoms with Gasteiger partial charge in [0.1, 0.15) is 12.8 Å². The maximum Gasteiger partial charge on any atom is 0.498 e. The van der Waals surface area contributed by atoms with Crippen molar-refractivity contribution < 1.29 is 19.1 Å². The van der Waals surface area contributed by atoms with Crippen LogP contribution in [-0.2, 0) is 19.1 Å². The number of rotatable bonds is 2. The van der Waals surface area contributed by atoms with Crippen LogP contribution in [-0.4, -0.2) is 26.2 Å². The summed E-state index contributed by atoms with van der Waals surface area (Å²) in [6, 6.07) is 0. The van der Waals surface area contributed by atoms with Crippen LogP contribution < -0.4 is 0 Å². The predicted molar refractivity (Wildman–Crippen MR) is 51.7 cm³/mol. The second-order valence-corrected chi connectivity index (χ2v) is 4.58. The van der Waals surface area contributed by atoms with Crippen molar-refractivity contribution in [2.75, 3.05) is 14.2 Å². The Morgan fingerprint density at radius 2 is 1.80 bits per heavy atom. The Morgan fingerprint density at radius 1 is 1.20 bits per heavy atom. The fourth-order valence-corrected chi connectivity index (χ4v) is 2.75. The SMILES string of the molecule is COC(=O)[C+]1CC2(C1)CC(C(=O)OC)C2. The van der Waals surface area contributed by atoms with Crippen LogP contribution in [0.4, 0.5) is 0 Å². The van der Waals surface area contributed by atoms with E-state index in [1.807, 2.05) is 0 Å². The zero-order chi connectivity index (χ0) is 11.1. The van der Waals surface area contributed by atoms with Crippen molar-refractivity contribution in [2.24, 2.45) is 11.3 Å². The van der Waals surface area contributed by atoms with Gasteiger partial charge in [0.25, 0.3) is 0 Å². The standard InChI is InChI=1S/C11H15O4/c1-14-9(12)7-3-11(4-7)5-8(6-11)10(13)15-2/h7H,3-6H2,1-2H3/q+1. The molecule has 4 nitrogen and oxygen atoms in total. The number of esters is 2. The molecule has 0 radical (unpaired) electrons. The monoisotopic (exact) mass is 211 g/mol. The van der Waals surface area contributed by atoms with Gasteiger partial charge in [0.15, 0.2) is 0 Å². The van der Waals surface area contributed by atoms with Gasteiger partial charge < -0.3 is 9.47 Å². The number of ether oxygens (including phenoxy) is 2. The molecular weight excluding hydrogens is 196 g/mol. The first-order valence-electron chi connectivity index (χ1n) is 5.11. The Balaban J connectivity index is 1.77. The molecule has 0 aromatic heterocycles. The average molecular weight is 211 g/mol. The molecule has 2 saturated carbocycles. The van der Waals surface area contributed by atoms with E-state index in [1.54, 1.807) is 0 Å². The molecule has 82 valence electrons. The van der Waals surface area contributed by atoms with E-state index in [-0.39, 0.29) is 23.3 Å². The first-order chi connectivity index (χ1) is 7.10. The summed E-state index contributed by atoms with van der Waals surface area (Å²) in [4.78, 5) is 22.3. The van der Waals surface area contributed by atoms with E-state index in [4.69, 9.17) is 0 Å². The Morgan fingerprint density at radius 3 is 2.27 bits per heavy atom. The van der Waals surface area contributed by atoms with Crippen LogP contribution in [0, 0.1) is 17.3 Å². The van der Waals surface area contributed by atoms with Gasteiger partial charge in [0.2, 0.25) is 5.92 Å². The lowest BCUT2D eigenvalue weighted by molar-refractivity contribution is -0.159. The lowest BCUT2D eigenvalue weighted by Gasteiger charge is -2.48. The maximum atomic E-state index is 11.2. The van der Waals surface area contributed by atoms with E-state index in [0.29, 0.717) is 0 Å². The molecule has 0 bridgehead atoms. The van der Waals surface area contributed by atoms with E-state index >= 15 is 0 Å². The first-order valence-corrected chi connectivity index (χ1v) is 5.11. The maximum absolute atomic E-state index is 11.2. The van der Waals surface area contributed by atoms with Crippen LogP contribution in [0.3, 0.4) is 0 Å². The summed E-state index contributed by atoms with van der Waals surface area (Å²) in [5, 5.41) is 0. The molecule has 2 aliphatic rings. The third kappa shape index (κ3) is 1.58. The largest absolute Gasteiger partial charge is 0.498 e. The van der Waals surface area contributed by atoms with Crippen molar-refractivity contribution in [3.05, 3.63) is 5.92 Å². The zero-order valence-electron chi connectivity index (χ0n) is 9.04. The van der Waals surface area contributed by atoms with E-state index in [2.05, 4.69) is 9.47 Å². The van der Waals surface area contributed by atoms with Crippen molar-refractivity contribution in [3.63, 3.8) is 0 Å². The van der Waals surface area contributed by atoms with Crippen LogP contribution >= 0.6 is 0 Å². The number of hydrogen-bond acceptors (Lipinski definition) is 4. The minimum absolute atomic E-state index is 0.0502. The van der Waals surface area contributed by atoms with E-state index in [0.717, 1.165) is 31.6 Å². The normalized spacial score (nSPS) is 22.9. The van der Waals surface area contributed by atoms with Gasteiger partial charge in [0, 0.05) is 0 Å². The summed E-state index contributed by atoms with van der Waals surface area (Å²) < 4.78 is 9.32. The zero-order valence-corrected chi connectivity index (χ0v) is 9.04. The summed E-state index contributed by atoms with van der Waals surface area (Å²) in [5.74, 6) is 0.601. The quantitative estimate of drug-likeness (QED) is 0.507. The Bertz CT molecular complexity index is 251. The Hall–Kier alpha value is -1.19. The van der Waals surface area contributed by atoms with Crippen LogP contribution in [0.5, 0.6) is 0 Å². The molecule has 0 N–H and O–H groups in total. The predicted octanol–water partition coefficient (Wildman–Crippen LogP) is 1.10. The first kappa shape index (κ1) is 10.3. The molecular formula is C11H15O4+. The molecule has 0 heterocycles. The molecule has 0 aromatic carbocycles. The van der Waals surface area contributed by atoms with Gasteiger partial charge in [-0.15, -0.1) is 0 Å². The summed E-state index contributed by atoms with van der Waals surface area (Å²) >= 11 is 0. The minimum Gasteiger partial charge on any atom is -0.469 e. The molecule has 0 aliphatic heterocycles. The van der Waals surface area contributed by atoms with Gasteiger partial charge in [0.05, 0.1) is 25.6 Å². The molecule has 0 aromatic rings. The van der Waals surface area contributed by atoms with Crippen molar-refractivity contribution >= 4 is 11.9 Å². The summed E-state index contributed by atoms with van der Waals surface area (Å²) in [7, 11) is 2.82. The molecule has 0 unspecified atom stereocenters.